The molecule has 0 aliphatic carbocycles. The Balaban J connectivity index is 2.76. The first kappa shape index (κ1) is 12.8. The van der Waals surface area contributed by atoms with Gasteiger partial charge >= 0.3 is 6.18 Å². The van der Waals surface area contributed by atoms with Crippen LogP contribution in [0.1, 0.15) is 27.2 Å². The molecule has 0 radical (unpaired) electrons. The average molecular weight is 224 g/mol. The Kier molecular flexibility index (Phi) is 3.36. The van der Waals surface area contributed by atoms with Crippen molar-refractivity contribution < 1.29 is 13.2 Å². The normalized spacial score (nSPS) is 26.6. The van der Waals surface area contributed by atoms with E-state index < -0.39 is 18.3 Å². The fourth-order valence-electron chi connectivity index (χ4n) is 2.23. The van der Waals surface area contributed by atoms with Gasteiger partial charge in [-0.25, -0.2) is 0 Å². The molecule has 1 rings (SSSR count). The monoisotopic (exact) mass is 224 g/mol. The zero-order valence-corrected chi connectivity index (χ0v) is 9.43. The fourth-order valence-corrected chi connectivity index (χ4v) is 2.23. The zero-order valence-electron chi connectivity index (χ0n) is 9.43. The Morgan fingerprint density at radius 1 is 1.33 bits per heavy atom. The van der Waals surface area contributed by atoms with Gasteiger partial charge in [0.15, 0.2) is 0 Å². The highest BCUT2D eigenvalue weighted by molar-refractivity contribution is 4.93. The molecular formula is C10H19F3N2. The van der Waals surface area contributed by atoms with Gasteiger partial charge in [0.1, 0.15) is 6.04 Å². The van der Waals surface area contributed by atoms with Crippen molar-refractivity contribution in [3.05, 3.63) is 0 Å². The van der Waals surface area contributed by atoms with Crippen molar-refractivity contribution in [3.63, 3.8) is 0 Å². The number of nitrogens with two attached hydrogens (primary N) is 1. The van der Waals surface area contributed by atoms with Crippen LogP contribution in [0.15, 0.2) is 0 Å². The van der Waals surface area contributed by atoms with E-state index in [-0.39, 0.29) is 5.41 Å². The summed E-state index contributed by atoms with van der Waals surface area (Å²) in [6.45, 7) is 6.35. The van der Waals surface area contributed by atoms with Gasteiger partial charge in [0.05, 0.1) is 0 Å². The highest BCUT2D eigenvalue weighted by Crippen LogP contribution is 2.35. The van der Waals surface area contributed by atoms with Crippen molar-refractivity contribution in [2.45, 2.75) is 45.5 Å². The SMILES string of the molecule is CC(N)C(N1CCC(C)(C)C1)C(F)(F)F. The second kappa shape index (κ2) is 3.94. The molecule has 2 N–H and O–H groups in total. The van der Waals surface area contributed by atoms with Gasteiger partial charge in [0.25, 0.3) is 0 Å². The van der Waals surface area contributed by atoms with Crippen molar-refractivity contribution in [3.8, 4) is 0 Å². The van der Waals surface area contributed by atoms with E-state index in [1.165, 1.54) is 11.8 Å². The van der Waals surface area contributed by atoms with Gasteiger partial charge in [-0.3, -0.25) is 4.90 Å². The number of nitrogens with zero attached hydrogens (tertiary/aromatic N) is 1. The van der Waals surface area contributed by atoms with E-state index in [2.05, 4.69) is 0 Å². The van der Waals surface area contributed by atoms with Gasteiger partial charge in [0, 0.05) is 12.6 Å². The molecule has 0 spiro atoms. The fraction of sp³-hybridized carbons (Fsp3) is 1.00. The highest BCUT2D eigenvalue weighted by atomic mass is 19.4. The maximum atomic E-state index is 12.8. The van der Waals surface area contributed by atoms with E-state index in [4.69, 9.17) is 5.73 Å². The first-order chi connectivity index (χ1) is 6.63. The summed E-state index contributed by atoms with van der Waals surface area (Å²) in [4.78, 5) is 1.46. The Morgan fingerprint density at radius 2 is 1.87 bits per heavy atom. The van der Waals surface area contributed by atoms with Crippen LogP contribution >= 0.6 is 0 Å². The lowest BCUT2D eigenvalue weighted by Crippen LogP contribution is -2.54. The van der Waals surface area contributed by atoms with Gasteiger partial charge < -0.3 is 5.73 Å². The molecular weight excluding hydrogens is 205 g/mol. The third-order valence-electron chi connectivity index (χ3n) is 2.93. The lowest BCUT2D eigenvalue weighted by Gasteiger charge is -2.33. The Hall–Kier alpha value is -0.290. The number of hydrogen-bond donors (Lipinski definition) is 1. The molecule has 1 fully saturated rings. The second-order valence-corrected chi connectivity index (χ2v) is 5.23. The minimum Gasteiger partial charge on any atom is -0.326 e. The van der Waals surface area contributed by atoms with Gasteiger partial charge in [-0.15, -0.1) is 0 Å². The molecule has 5 heteroatoms. The zero-order chi connectivity index (χ0) is 11.9. The average Bonchev–Trinajstić information content (AvgIpc) is 2.25. The Labute approximate surface area is 88.6 Å². The van der Waals surface area contributed by atoms with Crippen LogP contribution in [-0.4, -0.2) is 36.2 Å². The predicted molar refractivity (Wildman–Crippen MR) is 53.5 cm³/mol. The number of rotatable bonds is 2. The van der Waals surface area contributed by atoms with E-state index in [1.54, 1.807) is 0 Å². The largest absolute Gasteiger partial charge is 0.405 e. The van der Waals surface area contributed by atoms with Crippen molar-refractivity contribution in [2.24, 2.45) is 11.1 Å². The van der Waals surface area contributed by atoms with Crippen molar-refractivity contribution in [2.75, 3.05) is 13.1 Å². The quantitative estimate of drug-likeness (QED) is 0.777. The molecule has 90 valence electrons. The van der Waals surface area contributed by atoms with Crippen LogP contribution in [0, 0.1) is 5.41 Å². The molecule has 0 saturated carbocycles. The third-order valence-corrected chi connectivity index (χ3v) is 2.93. The van der Waals surface area contributed by atoms with Gasteiger partial charge in [-0.05, 0) is 25.3 Å². The van der Waals surface area contributed by atoms with Crippen molar-refractivity contribution in [1.82, 2.24) is 4.90 Å². The van der Waals surface area contributed by atoms with E-state index in [0.717, 1.165) is 6.42 Å². The molecule has 1 saturated heterocycles. The topological polar surface area (TPSA) is 29.3 Å². The Bertz CT molecular complexity index is 223. The molecule has 0 bridgehead atoms. The van der Waals surface area contributed by atoms with E-state index >= 15 is 0 Å². The minimum absolute atomic E-state index is 0.0294. The van der Waals surface area contributed by atoms with E-state index in [9.17, 15) is 13.2 Å². The van der Waals surface area contributed by atoms with Crippen LogP contribution in [0.2, 0.25) is 0 Å². The Morgan fingerprint density at radius 3 is 2.13 bits per heavy atom. The van der Waals surface area contributed by atoms with E-state index in [1.807, 2.05) is 13.8 Å². The van der Waals surface area contributed by atoms with Gasteiger partial charge in [-0.1, -0.05) is 13.8 Å². The minimum atomic E-state index is -4.23. The number of hydrogen-bond acceptors (Lipinski definition) is 2. The summed E-state index contributed by atoms with van der Waals surface area (Å²) in [5.41, 5.74) is 5.40. The van der Waals surface area contributed by atoms with Crippen molar-refractivity contribution >= 4 is 0 Å². The summed E-state index contributed by atoms with van der Waals surface area (Å²) < 4.78 is 38.3. The lowest BCUT2D eigenvalue weighted by molar-refractivity contribution is -0.186. The molecule has 2 nitrogen and oxygen atoms in total. The van der Waals surface area contributed by atoms with Gasteiger partial charge in [0.2, 0.25) is 0 Å². The summed E-state index contributed by atoms with van der Waals surface area (Å²) in [6, 6.07) is -2.38. The van der Waals surface area contributed by atoms with Crippen molar-refractivity contribution in [1.29, 1.82) is 0 Å². The maximum absolute atomic E-state index is 12.8. The molecule has 0 amide bonds. The van der Waals surface area contributed by atoms with Gasteiger partial charge in [-0.2, -0.15) is 13.2 Å². The standard InChI is InChI=1S/C10H19F3N2/c1-7(14)8(10(11,12)13)15-5-4-9(2,3)6-15/h7-8H,4-6,14H2,1-3H3. The lowest BCUT2D eigenvalue weighted by atomic mass is 9.93. The number of alkyl halides is 3. The maximum Gasteiger partial charge on any atom is 0.405 e. The summed E-state index contributed by atoms with van der Waals surface area (Å²) in [6.07, 6.45) is -3.43. The number of halogens is 3. The molecule has 2 atom stereocenters. The smallest absolute Gasteiger partial charge is 0.326 e. The molecule has 2 unspecified atom stereocenters. The molecule has 0 aromatic heterocycles. The van der Waals surface area contributed by atoms with Crippen LogP contribution in [0.25, 0.3) is 0 Å². The van der Waals surface area contributed by atoms with E-state index in [0.29, 0.717) is 13.1 Å². The van der Waals surface area contributed by atoms with Crippen LogP contribution in [0.3, 0.4) is 0 Å². The summed E-state index contributed by atoms with van der Waals surface area (Å²) in [5, 5.41) is 0. The highest BCUT2D eigenvalue weighted by Gasteiger charge is 2.48. The summed E-state index contributed by atoms with van der Waals surface area (Å²) in [7, 11) is 0. The molecule has 0 aromatic carbocycles. The van der Waals surface area contributed by atoms with Crippen LogP contribution in [0.5, 0.6) is 0 Å². The summed E-state index contributed by atoms with van der Waals surface area (Å²) >= 11 is 0. The molecule has 1 heterocycles. The first-order valence-electron chi connectivity index (χ1n) is 5.20. The number of likely N-dealkylation sites (tertiary alicyclic amines) is 1. The second-order valence-electron chi connectivity index (χ2n) is 5.23. The predicted octanol–water partition coefficient (Wildman–Crippen LogP) is 2.00. The molecule has 1 aliphatic rings. The first-order valence-corrected chi connectivity index (χ1v) is 5.20. The summed E-state index contributed by atoms with van der Waals surface area (Å²) in [5.74, 6) is 0. The van der Waals surface area contributed by atoms with Crippen LogP contribution in [-0.2, 0) is 0 Å². The molecule has 15 heavy (non-hydrogen) atoms. The molecule has 0 aromatic rings. The van der Waals surface area contributed by atoms with Crippen LogP contribution < -0.4 is 5.73 Å². The molecule has 1 aliphatic heterocycles. The third kappa shape index (κ3) is 3.08. The van der Waals surface area contributed by atoms with Crippen LogP contribution in [0.4, 0.5) is 13.2 Å².